The molecule has 0 aromatic carbocycles. The Morgan fingerprint density at radius 3 is 2.55 bits per heavy atom. The minimum atomic E-state index is 0.195. The van der Waals surface area contributed by atoms with Gasteiger partial charge in [0, 0.05) is 11.3 Å². The van der Waals surface area contributed by atoms with Crippen molar-refractivity contribution in [1.29, 1.82) is 0 Å². The van der Waals surface area contributed by atoms with E-state index in [0.717, 1.165) is 6.54 Å². The minimum absolute atomic E-state index is 0.195. The third kappa shape index (κ3) is 5.29. The van der Waals surface area contributed by atoms with Crippen LogP contribution in [-0.2, 0) is 0 Å². The molecule has 0 aliphatic heterocycles. The summed E-state index contributed by atoms with van der Waals surface area (Å²) in [5.41, 5.74) is 2.37. The van der Waals surface area contributed by atoms with Crippen LogP contribution in [0.4, 0.5) is 0 Å². The first kappa shape index (κ1) is 11.0. The van der Waals surface area contributed by atoms with Gasteiger partial charge in [-0.2, -0.15) is 11.8 Å². The highest BCUT2D eigenvalue weighted by molar-refractivity contribution is 7.99. The maximum atomic E-state index is 5.08. The Kier molecular flexibility index (Phi) is 4.79. The quantitative estimate of drug-likeness (QED) is 0.345. The van der Waals surface area contributed by atoms with E-state index in [-0.39, 0.29) is 4.75 Å². The average Bonchev–Trinajstić information content (AvgIpc) is 2.00. The van der Waals surface area contributed by atoms with Gasteiger partial charge >= 0.3 is 0 Å². The van der Waals surface area contributed by atoms with Gasteiger partial charge in [-0.3, -0.25) is 0 Å². The summed E-state index contributed by atoms with van der Waals surface area (Å²) in [6, 6.07) is 0. The van der Waals surface area contributed by atoms with E-state index in [9.17, 15) is 0 Å². The van der Waals surface area contributed by atoms with Crippen molar-refractivity contribution >= 4 is 29.1 Å². The third-order valence-corrected chi connectivity index (χ3v) is 2.87. The predicted molar refractivity (Wildman–Crippen MR) is 55.5 cm³/mol. The number of nitrogens with one attached hydrogen (secondary N) is 2. The van der Waals surface area contributed by atoms with Gasteiger partial charge in [-0.15, -0.1) is 0 Å². The molecule has 0 saturated carbocycles. The molecule has 0 heterocycles. The molecule has 0 rings (SSSR count). The predicted octanol–water partition coefficient (Wildman–Crippen LogP) is 0.466. The second-order valence-electron chi connectivity index (χ2n) is 2.79. The van der Waals surface area contributed by atoms with E-state index in [1.54, 1.807) is 11.8 Å². The molecule has 0 aromatic rings. The largest absolute Gasteiger partial charge is 0.360 e. The Morgan fingerprint density at radius 1 is 1.64 bits per heavy atom. The van der Waals surface area contributed by atoms with Crippen LogP contribution in [0.25, 0.3) is 0 Å². The standard InChI is InChI=1S/C6H15N3S2/c1-6(2,11-3)4-8-5(10)9-7/h4,7H2,1-3H3,(H2,8,9,10). The molecule has 0 fully saturated rings. The number of hydrogen-bond donors (Lipinski definition) is 3. The zero-order chi connectivity index (χ0) is 8.91. The lowest BCUT2D eigenvalue weighted by atomic mass is 10.2. The van der Waals surface area contributed by atoms with Crippen molar-refractivity contribution in [3.8, 4) is 0 Å². The lowest BCUT2D eigenvalue weighted by molar-refractivity contribution is 0.673. The van der Waals surface area contributed by atoms with E-state index in [1.165, 1.54) is 0 Å². The smallest absolute Gasteiger partial charge is 0.180 e. The topological polar surface area (TPSA) is 50.1 Å². The van der Waals surface area contributed by atoms with Gasteiger partial charge in [0.25, 0.3) is 0 Å². The molecule has 0 bridgehead atoms. The van der Waals surface area contributed by atoms with Crippen LogP contribution in [0, 0.1) is 0 Å². The van der Waals surface area contributed by atoms with E-state index < -0.39 is 0 Å². The van der Waals surface area contributed by atoms with Gasteiger partial charge in [0.1, 0.15) is 0 Å². The van der Waals surface area contributed by atoms with Crippen LogP contribution in [0.15, 0.2) is 0 Å². The summed E-state index contributed by atoms with van der Waals surface area (Å²) in [5.74, 6) is 5.08. The lowest BCUT2D eigenvalue weighted by Gasteiger charge is -2.22. The molecule has 0 atom stereocenters. The SMILES string of the molecule is CSC(C)(C)CNC(=S)NN. The first-order valence-corrected chi connectivity index (χ1v) is 4.95. The number of thioether (sulfide) groups is 1. The second kappa shape index (κ2) is 4.79. The molecule has 0 radical (unpaired) electrons. The third-order valence-electron chi connectivity index (χ3n) is 1.36. The second-order valence-corrected chi connectivity index (χ2v) is 4.71. The van der Waals surface area contributed by atoms with Crippen molar-refractivity contribution in [2.24, 2.45) is 5.84 Å². The van der Waals surface area contributed by atoms with Crippen LogP contribution in [0.1, 0.15) is 13.8 Å². The van der Waals surface area contributed by atoms with E-state index in [2.05, 4.69) is 30.8 Å². The van der Waals surface area contributed by atoms with Crippen molar-refractivity contribution in [2.75, 3.05) is 12.8 Å². The fourth-order valence-corrected chi connectivity index (χ4v) is 0.705. The van der Waals surface area contributed by atoms with Gasteiger partial charge in [-0.05, 0) is 32.3 Å². The first-order chi connectivity index (χ1) is 5.02. The molecule has 0 saturated heterocycles. The average molecular weight is 193 g/mol. The molecule has 3 nitrogen and oxygen atoms in total. The number of hydrogen-bond acceptors (Lipinski definition) is 3. The van der Waals surface area contributed by atoms with Crippen LogP contribution >= 0.6 is 24.0 Å². The molecule has 0 aliphatic rings. The van der Waals surface area contributed by atoms with Crippen LogP contribution in [0.2, 0.25) is 0 Å². The Labute approximate surface area is 77.5 Å². The number of nitrogens with two attached hydrogens (primary N) is 1. The summed E-state index contributed by atoms with van der Waals surface area (Å²) >= 11 is 6.60. The van der Waals surface area contributed by atoms with Crippen molar-refractivity contribution in [1.82, 2.24) is 10.7 Å². The van der Waals surface area contributed by atoms with Gasteiger partial charge in [0.15, 0.2) is 5.11 Å². The van der Waals surface area contributed by atoms with Crippen molar-refractivity contribution in [3.63, 3.8) is 0 Å². The molecule has 0 aromatic heterocycles. The summed E-state index contributed by atoms with van der Waals surface area (Å²) in [6.07, 6.45) is 2.07. The molecule has 5 heteroatoms. The summed E-state index contributed by atoms with van der Waals surface area (Å²) in [7, 11) is 0. The van der Waals surface area contributed by atoms with E-state index in [1.807, 2.05) is 0 Å². The van der Waals surface area contributed by atoms with Crippen LogP contribution < -0.4 is 16.6 Å². The van der Waals surface area contributed by atoms with E-state index in [0.29, 0.717) is 5.11 Å². The van der Waals surface area contributed by atoms with Crippen molar-refractivity contribution < 1.29 is 0 Å². The Morgan fingerprint density at radius 2 is 2.18 bits per heavy atom. The lowest BCUT2D eigenvalue weighted by Crippen LogP contribution is -2.44. The summed E-state index contributed by atoms with van der Waals surface area (Å²) < 4.78 is 0.195. The molecular formula is C6H15N3S2. The molecule has 66 valence electrons. The molecule has 0 unspecified atom stereocenters. The van der Waals surface area contributed by atoms with E-state index >= 15 is 0 Å². The van der Waals surface area contributed by atoms with Gasteiger partial charge in [0.05, 0.1) is 0 Å². The van der Waals surface area contributed by atoms with Gasteiger partial charge < -0.3 is 10.7 Å². The van der Waals surface area contributed by atoms with Crippen LogP contribution in [-0.4, -0.2) is 22.7 Å². The highest BCUT2D eigenvalue weighted by Gasteiger charge is 2.15. The Hall–Kier alpha value is -0.0000000000000000486. The van der Waals surface area contributed by atoms with Gasteiger partial charge in [-0.1, -0.05) is 0 Å². The molecule has 0 aliphatic carbocycles. The van der Waals surface area contributed by atoms with Gasteiger partial charge in [-0.25, -0.2) is 5.84 Å². The normalized spacial score (nSPS) is 10.9. The fourth-order valence-electron chi connectivity index (χ4n) is 0.416. The molecular weight excluding hydrogens is 178 g/mol. The maximum absolute atomic E-state index is 5.08. The highest BCUT2D eigenvalue weighted by Crippen LogP contribution is 2.19. The maximum Gasteiger partial charge on any atom is 0.180 e. The summed E-state index contributed by atoms with van der Waals surface area (Å²) in [4.78, 5) is 0. The number of hydrazine groups is 1. The number of thiocarbonyl (C=S) groups is 1. The van der Waals surface area contributed by atoms with Crippen LogP contribution in [0.3, 0.4) is 0 Å². The monoisotopic (exact) mass is 193 g/mol. The van der Waals surface area contributed by atoms with Gasteiger partial charge in [0.2, 0.25) is 0 Å². The molecule has 0 amide bonds. The highest BCUT2D eigenvalue weighted by atomic mass is 32.2. The molecule has 0 spiro atoms. The minimum Gasteiger partial charge on any atom is -0.360 e. The first-order valence-electron chi connectivity index (χ1n) is 3.31. The Balaban J connectivity index is 3.61. The fraction of sp³-hybridized carbons (Fsp3) is 0.833. The van der Waals surface area contributed by atoms with Crippen LogP contribution in [0.5, 0.6) is 0 Å². The molecule has 11 heavy (non-hydrogen) atoms. The summed E-state index contributed by atoms with van der Waals surface area (Å²) in [5, 5.41) is 3.49. The zero-order valence-electron chi connectivity index (χ0n) is 7.10. The van der Waals surface area contributed by atoms with Crippen molar-refractivity contribution in [2.45, 2.75) is 18.6 Å². The van der Waals surface area contributed by atoms with E-state index in [4.69, 9.17) is 18.1 Å². The number of rotatable bonds is 3. The zero-order valence-corrected chi connectivity index (χ0v) is 8.73. The Bertz CT molecular complexity index is 136. The van der Waals surface area contributed by atoms with Crippen molar-refractivity contribution in [3.05, 3.63) is 0 Å². The molecule has 4 N–H and O–H groups in total. The summed E-state index contributed by atoms with van der Waals surface area (Å²) in [6.45, 7) is 5.10.